The third-order valence-corrected chi connectivity index (χ3v) is 5.84. The van der Waals surface area contributed by atoms with Crippen molar-refractivity contribution in [2.24, 2.45) is 13.0 Å². The molecule has 29 heavy (non-hydrogen) atoms. The smallest absolute Gasteiger partial charge is 0.191 e. The van der Waals surface area contributed by atoms with Crippen molar-refractivity contribution in [3.63, 3.8) is 0 Å². The van der Waals surface area contributed by atoms with Gasteiger partial charge < -0.3 is 9.30 Å². The van der Waals surface area contributed by atoms with Crippen LogP contribution in [0.1, 0.15) is 19.4 Å². The van der Waals surface area contributed by atoms with Crippen LogP contribution in [0.15, 0.2) is 71.9 Å². The van der Waals surface area contributed by atoms with Gasteiger partial charge in [-0.3, -0.25) is 0 Å². The largest absolute Gasteiger partial charge is 0.493 e. The zero-order chi connectivity index (χ0) is 20.2. The Kier molecular flexibility index (Phi) is 5.86. The maximum absolute atomic E-state index is 5.77. The minimum absolute atomic E-state index is 0.509. The summed E-state index contributed by atoms with van der Waals surface area (Å²) in [4.78, 5) is 0. The van der Waals surface area contributed by atoms with Crippen LogP contribution >= 0.6 is 11.8 Å². The van der Waals surface area contributed by atoms with E-state index in [1.165, 1.54) is 16.3 Å². The molecule has 1 aromatic heterocycles. The molecular formula is C24H25N3OS. The second kappa shape index (κ2) is 8.70. The molecule has 0 N–H and O–H groups in total. The van der Waals surface area contributed by atoms with Crippen molar-refractivity contribution in [3.05, 3.63) is 72.3 Å². The fourth-order valence-electron chi connectivity index (χ4n) is 3.22. The number of fused-ring (bicyclic) bond motifs is 1. The SMILES string of the molecule is CC(C)COc1ccc(-c2nnc(SCc3cccc4ccccc34)n2C)cc1. The number of rotatable bonds is 7. The van der Waals surface area contributed by atoms with E-state index in [0.717, 1.165) is 34.7 Å². The Bertz CT molecular complexity index is 1100. The lowest BCUT2D eigenvalue weighted by molar-refractivity contribution is 0.271. The van der Waals surface area contributed by atoms with Crippen LogP contribution in [0.2, 0.25) is 0 Å². The van der Waals surface area contributed by atoms with Crippen LogP contribution in [0, 0.1) is 5.92 Å². The van der Waals surface area contributed by atoms with E-state index in [4.69, 9.17) is 4.74 Å². The molecule has 3 aromatic carbocycles. The summed E-state index contributed by atoms with van der Waals surface area (Å²) in [6.45, 7) is 5.01. The van der Waals surface area contributed by atoms with Crippen LogP contribution in [0.25, 0.3) is 22.2 Å². The molecule has 0 amide bonds. The first-order valence-corrected chi connectivity index (χ1v) is 10.8. The van der Waals surface area contributed by atoms with Crippen LogP contribution in [0.3, 0.4) is 0 Å². The van der Waals surface area contributed by atoms with E-state index in [-0.39, 0.29) is 0 Å². The predicted octanol–water partition coefficient (Wildman–Crippen LogP) is 5.96. The second-order valence-electron chi connectivity index (χ2n) is 7.52. The Morgan fingerprint density at radius 2 is 1.69 bits per heavy atom. The summed E-state index contributed by atoms with van der Waals surface area (Å²) in [7, 11) is 2.02. The van der Waals surface area contributed by atoms with Gasteiger partial charge in [0.25, 0.3) is 0 Å². The third-order valence-electron chi connectivity index (χ3n) is 4.77. The minimum Gasteiger partial charge on any atom is -0.493 e. The summed E-state index contributed by atoms with van der Waals surface area (Å²) in [5.74, 6) is 3.11. The van der Waals surface area contributed by atoms with Gasteiger partial charge in [-0.15, -0.1) is 10.2 Å². The predicted molar refractivity (Wildman–Crippen MR) is 120 cm³/mol. The summed E-state index contributed by atoms with van der Waals surface area (Å²) >= 11 is 1.71. The summed E-state index contributed by atoms with van der Waals surface area (Å²) in [5, 5.41) is 12.3. The van der Waals surface area contributed by atoms with Crippen molar-refractivity contribution in [1.82, 2.24) is 14.8 Å². The maximum Gasteiger partial charge on any atom is 0.191 e. The fraction of sp³-hybridized carbons (Fsp3) is 0.250. The third kappa shape index (κ3) is 4.46. The first-order chi connectivity index (χ1) is 14.1. The number of ether oxygens (including phenoxy) is 1. The molecule has 0 atom stereocenters. The van der Waals surface area contributed by atoms with Gasteiger partial charge in [0.15, 0.2) is 11.0 Å². The molecule has 5 heteroatoms. The maximum atomic E-state index is 5.77. The van der Waals surface area contributed by atoms with E-state index in [1.807, 2.05) is 31.3 Å². The van der Waals surface area contributed by atoms with Crippen LogP contribution in [-0.4, -0.2) is 21.4 Å². The molecule has 0 unspecified atom stereocenters. The van der Waals surface area contributed by atoms with Crippen LogP contribution in [0.4, 0.5) is 0 Å². The molecule has 0 spiro atoms. The van der Waals surface area contributed by atoms with E-state index >= 15 is 0 Å². The molecule has 0 aliphatic heterocycles. The highest BCUT2D eigenvalue weighted by atomic mass is 32.2. The molecule has 0 fully saturated rings. The molecule has 0 saturated carbocycles. The lowest BCUT2D eigenvalue weighted by Gasteiger charge is -2.09. The quantitative estimate of drug-likeness (QED) is 0.357. The summed E-state index contributed by atoms with van der Waals surface area (Å²) < 4.78 is 7.82. The van der Waals surface area contributed by atoms with Crippen molar-refractivity contribution in [2.45, 2.75) is 24.8 Å². The lowest BCUT2D eigenvalue weighted by Crippen LogP contribution is -2.04. The van der Waals surface area contributed by atoms with Crippen molar-refractivity contribution in [2.75, 3.05) is 6.61 Å². The van der Waals surface area contributed by atoms with Crippen molar-refractivity contribution in [3.8, 4) is 17.1 Å². The monoisotopic (exact) mass is 403 g/mol. The molecule has 0 bridgehead atoms. The standard InChI is InChI=1S/C24H25N3OS/c1-17(2)15-28-21-13-11-19(12-14-21)23-25-26-24(27(23)3)29-16-20-9-6-8-18-7-4-5-10-22(18)20/h4-14,17H,15-16H2,1-3H3. The molecule has 0 saturated heterocycles. The number of hydrogen-bond donors (Lipinski definition) is 0. The first-order valence-electron chi connectivity index (χ1n) is 9.84. The fourth-order valence-corrected chi connectivity index (χ4v) is 4.13. The number of aromatic nitrogens is 3. The molecule has 0 aliphatic carbocycles. The van der Waals surface area contributed by atoms with E-state index in [1.54, 1.807) is 11.8 Å². The highest BCUT2D eigenvalue weighted by Crippen LogP contribution is 2.29. The highest BCUT2D eigenvalue weighted by Gasteiger charge is 2.12. The van der Waals surface area contributed by atoms with Gasteiger partial charge in [-0.05, 0) is 46.5 Å². The zero-order valence-corrected chi connectivity index (χ0v) is 17.8. The topological polar surface area (TPSA) is 39.9 Å². The Balaban J connectivity index is 1.48. The van der Waals surface area contributed by atoms with Gasteiger partial charge in [-0.25, -0.2) is 0 Å². The minimum atomic E-state index is 0.509. The van der Waals surface area contributed by atoms with Crippen molar-refractivity contribution < 1.29 is 4.74 Å². The van der Waals surface area contributed by atoms with Gasteiger partial charge >= 0.3 is 0 Å². The van der Waals surface area contributed by atoms with Gasteiger partial charge in [0.2, 0.25) is 0 Å². The van der Waals surface area contributed by atoms with Crippen LogP contribution in [-0.2, 0) is 12.8 Å². The average molecular weight is 404 g/mol. The molecule has 148 valence electrons. The van der Waals surface area contributed by atoms with E-state index in [9.17, 15) is 0 Å². The Morgan fingerprint density at radius 3 is 2.48 bits per heavy atom. The van der Waals surface area contributed by atoms with Gasteiger partial charge in [0, 0.05) is 18.4 Å². The average Bonchev–Trinajstić information content (AvgIpc) is 3.11. The summed E-state index contributed by atoms with van der Waals surface area (Å²) in [6, 6.07) is 23.0. The number of nitrogens with zero attached hydrogens (tertiary/aromatic N) is 3. The molecule has 0 aliphatic rings. The number of thioether (sulfide) groups is 1. The molecule has 4 rings (SSSR count). The van der Waals surface area contributed by atoms with Crippen molar-refractivity contribution >= 4 is 22.5 Å². The first kappa shape index (κ1) is 19.5. The van der Waals surface area contributed by atoms with Crippen LogP contribution in [0.5, 0.6) is 5.75 Å². The van der Waals surface area contributed by atoms with Gasteiger partial charge in [-0.1, -0.05) is 68.1 Å². The molecule has 4 nitrogen and oxygen atoms in total. The van der Waals surface area contributed by atoms with Gasteiger partial charge in [0.05, 0.1) is 6.61 Å². The van der Waals surface area contributed by atoms with E-state index in [0.29, 0.717) is 5.92 Å². The normalized spacial score (nSPS) is 11.3. The van der Waals surface area contributed by atoms with E-state index in [2.05, 4.69) is 71.1 Å². The Hall–Kier alpha value is -2.79. The number of hydrogen-bond acceptors (Lipinski definition) is 4. The number of benzene rings is 3. The van der Waals surface area contributed by atoms with Gasteiger partial charge in [-0.2, -0.15) is 0 Å². The summed E-state index contributed by atoms with van der Waals surface area (Å²) in [5.41, 5.74) is 2.35. The molecule has 0 radical (unpaired) electrons. The zero-order valence-electron chi connectivity index (χ0n) is 17.0. The molecule has 1 heterocycles. The Labute approximate surface area is 175 Å². The van der Waals surface area contributed by atoms with Gasteiger partial charge in [0.1, 0.15) is 5.75 Å². The summed E-state index contributed by atoms with van der Waals surface area (Å²) in [6.07, 6.45) is 0. The Morgan fingerprint density at radius 1 is 0.931 bits per heavy atom. The second-order valence-corrected chi connectivity index (χ2v) is 8.46. The van der Waals surface area contributed by atoms with Crippen LogP contribution < -0.4 is 4.74 Å². The highest BCUT2D eigenvalue weighted by molar-refractivity contribution is 7.98. The molecular weight excluding hydrogens is 378 g/mol. The lowest BCUT2D eigenvalue weighted by atomic mass is 10.1. The van der Waals surface area contributed by atoms with Crippen molar-refractivity contribution in [1.29, 1.82) is 0 Å². The van der Waals surface area contributed by atoms with E-state index < -0.39 is 0 Å². The molecule has 4 aromatic rings.